The van der Waals surface area contributed by atoms with Crippen molar-refractivity contribution in [3.05, 3.63) is 0 Å². The molecule has 1 N–H and O–H groups in total. The van der Waals surface area contributed by atoms with E-state index in [1.807, 2.05) is 0 Å². The normalized spacial score (nSPS) is 14.1. The van der Waals surface area contributed by atoms with Crippen LogP contribution >= 0.6 is 18.7 Å². The minimum atomic E-state index is -1.13. The van der Waals surface area contributed by atoms with Gasteiger partial charge in [0.2, 0.25) is 0 Å². The molecule has 0 rings (SSSR count). The van der Waals surface area contributed by atoms with Gasteiger partial charge in [0.05, 0.1) is 0 Å². The molecule has 0 saturated heterocycles. The zero-order valence-corrected chi connectivity index (χ0v) is 6.04. The van der Waals surface area contributed by atoms with E-state index in [1.165, 1.54) is 0 Å². The van der Waals surface area contributed by atoms with Gasteiger partial charge in [0, 0.05) is 6.16 Å². The third kappa shape index (κ3) is 6.68. The Hall–Kier alpha value is 0.680. The predicted octanol–water partition coefficient (Wildman–Crippen LogP) is 2.33. The molecule has 0 aliphatic rings. The molecule has 0 bridgehead atoms. The van der Waals surface area contributed by atoms with Crippen molar-refractivity contribution in [1.82, 2.24) is 0 Å². The molecule has 1 nitrogen and oxygen atoms in total. The maximum Gasteiger partial charge on any atom is 0.121 e. The largest absolute Gasteiger partial charge is 0.359 e. The number of hydrogen-bond donors (Lipinski definition) is 1. The second-order valence-electron chi connectivity index (χ2n) is 1.41. The van der Waals surface area contributed by atoms with Gasteiger partial charge in [-0.2, -0.15) is 0 Å². The summed E-state index contributed by atoms with van der Waals surface area (Å²) in [5.74, 6) is 0. The van der Waals surface area contributed by atoms with E-state index < -0.39 is 7.50 Å². The lowest BCUT2D eigenvalue weighted by molar-refractivity contribution is 0.635. The summed E-state index contributed by atoms with van der Waals surface area (Å²) in [6.45, 7) is 2.08. The number of hydrogen-bond acceptors (Lipinski definition) is 1. The van der Waals surface area contributed by atoms with Gasteiger partial charge in [-0.25, -0.2) is 0 Å². The van der Waals surface area contributed by atoms with Crippen LogP contribution in [0.15, 0.2) is 0 Å². The third-order valence-electron chi connectivity index (χ3n) is 0.696. The zero-order chi connectivity index (χ0) is 5.70. The maximum absolute atomic E-state index is 8.51. The van der Waals surface area contributed by atoms with E-state index in [0.29, 0.717) is 0 Å². The molecule has 44 valence electrons. The lowest BCUT2D eigenvalue weighted by Gasteiger charge is -1.95. The van der Waals surface area contributed by atoms with Gasteiger partial charge >= 0.3 is 0 Å². The Morgan fingerprint density at radius 1 is 1.71 bits per heavy atom. The second-order valence-corrected chi connectivity index (χ2v) is 3.70. The van der Waals surface area contributed by atoms with E-state index in [2.05, 4.69) is 6.92 Å². The van der Waals surface area contributed by atoms with Crippen LogP contribution in [-0.4, -0.2) is 11.1 Å². The van der Waals surface area contributed by atoms with Crippen molar-refractivity contribution in [1.29, 1.82) is 0 Å². The van der Waals surface area contributed by atoms with Crippen LogP contribution in [0, 0.1) is 0 Å². The maximum atomic E-state index is 8.51. The highest BCUT2D eigenvalue weighted by Gasteiger charge is 1.93. The van der Waals surface area contributed by atoms with Crippen molar-refractivity contribution < 1.29 is 4.89 Å². The fourth-order valence-electron chi connectivity index (χ4n) is 0.289. The molecule has 0 spiro atoms. The zero-order valence-electron chi connectivity index (χ0n) is 4.39. The molecule has 0 aliphatic carbocycles. The second kappa shape index (κ2) is 4.83. The molecule has 0 saturated carbocycles. The molecule has 0 aromatic heterocycles. The molecule has 0 aliphatic heterocycles. The fraction of sp³-hybridized carbons (Fsp3) is 1.00. The fourth-order valence-corrected chi connectivity index (χ4v) is 1.22. The predicted molar refractivity (Wildman–Crippen MR) is 34.8 cm³/mol. The Morgan fingerprint density at radius 3 is 2.43 bits per heavy atom. The van der Waals surface area contributed by atoms with Gasteiger partial charge in [-0.1, -0.05) is 24.6 Å². The molecule has 0 amide bonds. The molecular formula is C4H10ClOP. The molecule has 7 heavy (non-hydrogen) atoms. The summed E-state index contributed by atoms with van der Waals surface area (Å²) in [6.07, 6.45) is 2.95. The number of rotatable bonds is 3. The van der Waals surface area contributed by atoms with Gasteiger partial charge in [0.15, 0.2) is 0 Å². The van der Waals surface area contributed by atoms with Crippen LogP contribution in [0.2, 0.25) is 0 Å². The van der Waals surface area contributed by atoms with E-state index in [0.717, 1.165) is 19.0 Å². The smallest absolute Gasteiger partial charge is 0.121 e. The van der Waals surface area contributed by atoms with Gasteiger partial charge in [0.1, 0.15) is 7.50 Å². The first-order valence-corrected chi connectivity index (χ1v) is 4.78. The van der Waals surface area contributed by atoms with Crippen LogP contribution in [0.3, 0.4) is 0 Å². The van der Waals surface area contributed by atoms with E-state index in [-0.39, 0.29) is 0 Å². The summed E-state index contributed by atoms with van der Waals surface area (Å²) in [7, 11) is -1.13. The van der Waals surface area contributed by atoms with Crippen molar-refractivity contribution >= 4 is 18.7 Å². The van der Waals surface area contributed by atoms with Crippen molar-refractivity contribution in [2.24, 2.45) is 0 Å². The minimum absolute atomic E-state index is 0.785. The van der Waals surface area contributed by atoms with Gasteiger partial charge in [-0.05, 0) is 6.42 Å². The highest BCUT2D eigenvalue weighted by molar-refractivity contribution is 7.79. The third-order valence-corrected chi connectivity index (χ3v) is 1.89. The topological polar surface area (TPSA) is 20.2 Å². The lowest BCUT2D eigenvalue weighted by atomic mass is 10.4. The molecule has 0 heterocycles. The minimum Gasteiger partial charge on any atom is -0.359 e. The van der Waals surface area contributed by atoms with Crippen LogP contribution in [0.4, 0.5) is 0 Å². The number of unbranched alkanes of at least 4 members (excludes halogenated alkanes) is 1. The van der Waals surface area contributed by atoms with Crippen molar-refractivity contribution in [3.63, 3.8) is 0 Å². The van der Waals surface area contributed by atoms with Crippen molar-refractivity contribution in [3.8, 4) is 0 Å². The Kier molecular flexibility index (Phi) is 5.30. The van der Waals surface area contributed by atoms with Gasteiger partial charge in [0.25, 0.3) is 0 Å². The molecule has 1 unspecified atom stereocenters. The first kappa shape index (κ1) is 7.68. The standard InChI is InChI=1S/C4H10ClOP/c1-2-3-4-7(5)6/h6H,2-4H2,1H3. The van der Waals surface area contributed by atoms with Crippen LogP contribution in [0.5, 0.6) is 0 Å². The van der Waals surface area contributed by atoms with E-state index in [9.17, 15) is 0 Å². The van der Waals surface area contributed by atoms with Gasteiger partial charge < -0.3 is 4.89 Å². The van der Waals surface area contributed by atoms with Crippen molar-refractivity contribution in [2.45, 2.75) is 19.8 Å². The molecular weight excluding hydrogens is 130 g/mol. The van der Waals surface area contributed by atoms with Crippen LogP contribution < -0.4 is 0 Å². The van der Waals surface area contributed by atoms with Gasteiger partial charge in [-0.15, -0.1) is 0 Å². The molecule has 1 atom stereocenters. The molecule has 0 aromatic rings. The van der Waals surface area contributed by atoms with E-state index >= 15 is 0 Å². The summed E-state index contributed by atoms with van der Waals surface area (Å²) < 4.78 is 0. The van der Waals surface area contributed by atoms with E-state index in [4.69, 9.17) is 16.1 Å². The number of halogens is 1. The van der Waals surface area contributed by atoms with Crippen LogP contribution in [-0.2, 0) is 0 Å². The first-order chi connectivity index (χ1) is 3.27. The highest BCUT2D eigenvalue weighted by Crippen LogP contribution is 2.36. The summed E-state index contributed by atoms with van der Waals surface area (Å²) in [6, 6.07) is 0. The Balaban J connectivity index is 2.68. The molecule has 3 heteroatoms. The summed E-state index contributed by atoms with van der Waals surface area (Å²) in [5, 5.41) is 0. The van der Waals surface area contributed by atoms with E-state index in [1.54, 1.807) is 0 Å². The quantitative estimate of drug-likeness (QED) is 0.597. The molecule has 0 aromatic carbocycles. The van der Waals surface area contributed by atoms with Gasteiger partial charge in [-0.3, -0.25) is 0 Å². The average Bonchev–Trinajstić information content (AvgIpc) is 1.61. The molecule has 0 radical (unpaired) electrons. The monoisotopic (exact) mass is 140 g/mol. The summed E-state index contributed by atoms with van der Waals surface area (Å²) >= 11 is 5.28. The Morgan fingerprint density at radius 2 is 2.29 bits per heavy atom. The Bertz CT molecular complexity index is 40.7. The first-order valence-electron chi connectivity index (χ1n) is 2.39. The lowest BCUT2D eigenvalue weighted by Crippen LogP contribution is -1.74. The highest BCUT2D eigenvalue weighted by atomic mass is 35.7. The summed E-state index contributed by atoms with van der Waals surface area (Å²) in [5.41, 5.74) is 0. The van der Waals surface area contributed by atoms with Crippen LogP contribution in [0.25, 0.3) is 0 Å². The SMILES string of the molecule is CCCCP(O)Cl. The van der Waals surface area contributed by atoms with Crippen molar-refractivity contribution in [2.75, 3.05) is 6.16 Å². The Labute approximate surface area is 50.3 Å². The summed E-state index contributed by atoms with van der Waals surface area (Å²) in [4.78, 5) is 8.51. The average molecular weight is 141 g/mol. The van der Waals surface area contributed by atoms with Crippen LogP contribution in [0.1, 0.15) is 19.8 Å². The molecule has 0 fully saturated rings.